The second-order valence-corrected chi connectivity index (χ2v) is 11.3. The van der Waals surface area contributed by atoms with Crippen LogP contribution in [0.25, 0.3) is 16.6 Å². The number of nitriles is 1. The Kier molecular flexibility index (Phi) is 6.09. The average Bonchev–Trinajstić information content (AvgIpc) is 3.24. The van der Waals surface area contributed by atoms with E-state index in [1.54, 1.807) is 44.6 Å². The van der Waals surface area contributed by atoms with E-state index in [-0.39, 0.29) is 31.0 Å². The second-order valence-electron chi connectivity index (χ2n) is 11.3. The van der Waals surface area contributed by atoms with E-state index < -0.39 is 11.2 Å². The lowest BCUT2D eigenvalue weighted by atomic mass is 9.86. The third kappa shape index (κ3) is 5.10. The number of aliphatic hydroxyl groups is 2. The molecule has 194 valence electrons. The molecule has 2 unspecified atom stereocenters. The van der Waals surface area contributed by atoms with E-state index in [2.05, 4.69) is 16.1 Å². The van der Waals surface area contributed by atoms with Gasteiger partial charge in [-0.3, -0.25) is 4.79 Å². The Bertz CT molecular complexity index is 1350. The lowest BCUT2D eigenvalue weighted by molar-refractivity contribution is -0.150. The minimum Gasteiger partial charge on any atom is -0.489 e. The lowest BCUT2D eigenvalue weighted by Gasteiger charge is -2.56. The van der Waals surface area contributed by atoms with Crippen LogP contribution < -0.4 is 9.64 Å². The average molecular weight is 505 g/mol. The van der Waals surface area contributed by atoms with Crippen LogP contribution in [0, 0.1) is 11.3 Å². The summed E-state index contributed by atoms with van der Waals surface area (Å²) in [7, 11) is 0. The van der Waals surface area contributed by atoms with Crippen molar-refractivity contribution in [1.82, 2.24) is 19.5 Å². The maximum Gasteiger partial charge on any atom is 0.226 e. The summed E-state index contributed by atoms with van der Waals surface area (Å²) in [4.78, 5) is 21.5. The molecule has 0 aromatic carbocycles. The number of piperidine rings is 1. The van der Waals surface area contributed by atoms with Gasteiger partial charge >= 0.3 is 0 Å². The van der Waals surface area contributed by atoms with Crippen molar-refractivity contribution < 1.29 is 19.7 Å². The largest absolute Gasteiger partial charge is 0.489 e. The van der Waals surface area contributed by atoms with Gasteiger partial charge < -0.3 is 24.7 Å². The molecule has 0 spiro atoms. The molecule has 3 aromatic rings. The maximum absolute atomic E-state index is 12.6. The van der Waals surface area contributed by atoms with E-state index in [1.807, 2.05) is 23.1 Å². The summed E-state index contributed by atoms with van der Waals surface area (Å²) in [6, 6.07) is 8.20. The van der Waals surface area contributed by atoms with Crippen LogP contribution in [0.5, 0.6) is 5.75 Å². The molecule has 2 N–H and O–H groups in total. The fourth-order valence-corrected chi connectivity index (χ4v) is 5.14. The fraction of sp³-hybridized carbons (Fsp3) is 0.481. The van der Waals surface area contributed by atoms with Crippen LogP contribution in [0.4, 0.5) is 5.82 Å². The Balaban J connectivity index is 1.37. The van der Waals surface area contributed by atoms with E-state index in [1.165, 1.54) is 6.20 Å². The Morgan fingerprint density at radius 2 is 1.89 bits per heavy atom. The smallest absolute Gasteiger partial charge is 0.226 e. The highest BCUT2D eigenvalue weighted by Gasteiger charge is 2.47. The van der Waals surface area contributed by atoms with Gasteiger partial charge in [0.2, 0.25) is 5.91 Å². The summed E-state index contributed by atoms with van der Waals surface area (Å²) in [6.45, 7) is 8.16. The molecule has 6 rings (SSSR count). The highest BCUT2D eigenvalue weighted by molar-refractivity contribution is 5.85. The zero-order valence-corrected chi connectivity index (χ0v) is 21.5. The van der Waals surface area contributed by atoms with Gasteiger partial charge in [-0.2, -0.15) is 10.4 Å². The number of carbonyl (C=O) groups excluding carboxylic acids is 1. The molecule has 3 saturated heterocycles. The van der Waals surface area contributed by atoms with Crippen LogP contribution in [0.3, 0.4) is 0 Å². The van der Waals surface area contributed by atoms with Crippen molar-refractivity contribution in [1.29, 1.82) is 5.26 Å². The molecule has 0 aliphatic carbocycles. The molecular formula is C27H32N6O4. The predicted octanol–water partition coefficient (Wildman–Crippen LogP) is 2.37. The number of hydrogen-bond donors (Lipinski definition) is 2. The summed E-state index contributed by atoms with van der Waals surface area (Å²) < 4.78 is 7.42. The summed E-state index contributed by atoms with van der Waals surface area (Å²) in [6.07, 6.45) is 6.08. The molecule has 3 aliphatic rings. The molecule has 2 bridgehead atoms. The first kappa shape index (κ1) is 25.0. The number of pyridine rings is 2. The molecule has 0 radical (unpaired) electrons. The fourth-order valence-electron chi connectivity index (χ4n) is 5.14. The van der Waals surface area contributed by atoms with Crippen LogP contribution in [-0.4, -0.2) is 78.6 Å². The van der Waals surface area contributed by atoms with E-state index in [0.29, 0.717) is 29.9 Å². The van der Waals surface area contributed by atoms with Gasteiger partial charge in [0.15, 0.2) is 0 Å². The van der Waals surface area contributed by atoms with Crippen LogP contribution in [0.15, 0.2) is 36.8 Å². The third-order valence-corrected chi connectivity index (χ3v) is 6.75. The van der Waals surface area contributed by atoms with Crippen molar-refractivity contribution in [3.63, 3.8) is 0 Å². The van der Waals surface area contributed by atoms with Gasteiger partial charge in [0.05, 0.1) is 53.2 Å². The zero-order chi connectivity index (χ0) is 26.5. The molecule has 37 heavy (non-hydrogen) atoms. The molecule has 1 amide bonds. The minimum atomic E-state index is -1.01. The van der Waals surface area contributed by atoms with Crippen LogP contribution in [0.1, 0.15) is 46.1 Å². The number of fused-ring (bicyclic) bond motifs is 3. The number of piperazine rings is 1. The van der Waals surface area contributed by atoms with Crippen molar-refractivity contribution in [3.8, 4) is 22.9 Å². The van der Waals surface area contributed by atoms with Crippen molar-refractivity contribution in [2.24, 2.45) is 0 Å². The molecule has 10 heteroatoms. The second kappa shape index (κ2) is 9.01. The standard InChI is InChI=1S/C27H32N6O4/c1-26(2,35)9-24(34)33-19-7-20(33)14-31(13-19)23-6-5-17(11-29-23)22-8-21(37-16-27(3,4)36)15-32-25(22)18(10-28)12-30-32/h5-6,8,11-12,15,19-20,35-36H,7,9,13-14,16H2,1-4H3. The van der Waals surface area contributed by atoms with E-state index in [4.69, 9.17) is 9.72 Å². The summed E-state index contributed by atoms with van der Waals surface area (Å²) >= 11 is 0. The highest BCUT2D eigenvalue weighted by Crippen LogP contribution is 2.36. The third-order valence-electron chi connectivity index (χ3n) is 6.75. The monoisotopic (exact) mass is 504 g/mol. The number of ether oxygens (including phenoxy) is 1. The number of nitrogens with zero attached hydrogens (tertiary/aromatic N) is 6. The van der Waals surface area contributed by atoms with Gasteiger partial charge in [-0.15, -0.1) is 0 Å². The number of anilines is 1. The molecule has 3 aromatic heterocycles. The lowest BCUT2D eigenvalue weighted by Crippen LogP contribution is -2.70. The van der Waals surface area contributed by atoms with E-state index >= 15 is 0 Å². The quantitative estimate of drug-likeness (QED) is 0.502. The first-order chi connectivity index (χ1) is 17.4. The Labute approximate surface area is 215 Å². The summed E-state index contributed by atoms with van der Waals surface area (Å²) in [5.41, 5.74) is 0.660. The number of carbonyl (C=O) groups is 1. The van der Waals surface area contributed by atoms with Crippen LogP contribution >= 0.6 is 0 Å². The zero-order valence-electron chi connectivity index (χ0n) is 21.5. The van der Waals surface area contributed by atoms with Crippen molar-refractivity contribution in [3.05, 3.63) is 42.4 Å². The Morgan fingerprint density at radius 3 is 2.49 bits per heavy atom. The molecule has 6 heterocycles. The maximum atomic E-state index is 12.6. The van der Waals surface area contributed by atoms with Crippen molar-refractivity contribution >= 4 is 17.2 Å². The summed E-state index contributed by atoms with van der Waals surface area (Å²) in [5, 5.41) is 34.0. The van der Waals surface area contributed by atoms with E-state index in [0.717, 1.165) is 23.4 Å². The van der Waals surface area contributed by atoms with Gasteiger partial charge in [-0.1, -0.05) is 0 Å². The van der Waals surface area contributed by atoms with Gasteiger partial charge in [0.1, 0.15) is 24.2 Å². The molecule has 3 fully saturated rings. The van der Waals surface area contributed by atoms with Gasteiger partial charge in [-0.05, 0) is 52.3 Å². The first-order valence-corrected chi connectivity index (χ1v) is 12.4. The highest BCUT2D eigenvalue weighted by atomic mass is 16.5. The van der Waals surface area contributed by atoms with E-state index in [9.17, 15) is 20.3 Å². The number of rotatable bonds is 7. The van der Waals surface area contributed by atoms with Gasteiger partial charge in [0.25, 0.3) is 0 Å². The SMILES string of the molecule is CC(C)(O)COc1cc(-c2ccc(N3CC4CC(C3)N4C(=O)CC(C)(C)O)nc2)c2c(C#N)cnn2c1. The summed E-state index contributed by atoms with van der Waals surface area (Å²) in [5.74, 6) is 1.35. The van der Waals surface area contributed by atoms with Gasteiger partial charge in [-0.25, -0.2) is 9.50 Å². The Morgan fingerprint density at radius 1 is 1.16 bits per heavy atom. The molecule has 2 atom stereocenters. The molecule has 3 aliphatic heterocycles. The number of amides is 1. The van der Waals surface area contributed by atoms with Crippen molar-refractivity contribution in [2.75, 3.05) is 24.6 Å². The number of aromatic nitrogens is 3. The van der Waals surface area contributed by atoms with Crippen LogP contribution in [-0.2, 0) is 4.79 Å². The predicted molar refractivity (Wildman–Crippen MR) is 137 cm³/mol. The van der Waals surface area contributed by atoms with Crippen molar-refractivity contribution in [2.45, 2.75) is 63.8 Å². The molecule has 0 saturated carbocycles. The number of hydrogen-bond acceptors (Lipinski definition) is 8. The molecule has 10 nitrogen and oxygen atoms in total. The Hall–Kier alpha value is -3.68. The molecular weight excluding hydrogens is 472 g/mol. The normalized spacial score (nSPS) is 19.5. The first-order valence-electron chi connectivity index (χ1n) is 12.4. The minimum absolute atomic E-state index is 0.00140. The topological polar surface area (TPSA) is 127 Å². The van der Waals surface area contributed by atoms with Gasteiger partial charge in [0, 0.05) is 30.4 Å². The van der Waals surface area contributed by atoms with Crippen LogP contribution in [0.2, 0.25) is 0 Å².